The summed E-state index contributed by atoms with van der Waals surface area (Å²) in [7, 11) is 0. The van der Waals surface area contributed by atoms with Gasteiger partial charge < -0.3 is 19.9 Å². The van der Waals surface area contributed by atoms with Crippen molar-refractivity contribution in [2.45, 2.75) is 19.9 Å². The summed E-state index contributed by atoms with van der Waals surface area (Å²) < 4.78 is 5.82. The van der Waals surface area contributed by atoms with Crippen molar-refractivity contribution in [2.75, 3.05) is 49.1 Å². The summed E-state index contributed by atoms with van der Waals surface area (Å²) in [5, 5.41) is 3.38. The Kier molecular flexibility index (Phi) is 4.01. The van der Waals surface area contributed by atoms with Crippen LogP contribution in [0.4, 0.5) is 11.4 Å². The third kappa shape index (κ3) is 2.70. The van der Waals surface area contributed by atoms with Crippen molar-refractivity contribution < 1.29 is 9.53 Å². The molecule has 1 aromatic carbocycles. The monoisotopic (exact) mass is 289 g/mol. The Morgan fingerprint density at radius 1 is 1.29 bits per heavy atom. The summed E-state index contributed by atoms with van der Waals surface area (Å²) in [4.78, 5) is 16.4. The Labute approximate surface area is 125 Å². The SMILES string of the molecule is CC(=O)C(C)N1CCOc2cccc(N3CCNCC3)c21. The summed E-state index contributed by atoms with van der Waals surface area (Å²) in [6, 6.07) is 6.06. The summed E-state index contributed by atoms with van der Waals surface area (Å²) in [6.07, 6.45) is 0. The topological polar surface area (TPSA) is 44.8 Å². The normalized spacial score (nSPS) is 19.7. The number of carbonyl (C=O) groups is 1. The molecule has 0 aliphatic carbocycles. The van der Waals surface area contributed by atoms with Gasteiger partial charge in [-0.1, -0.05) is 6.07 Å². The smallest absolute Gasteiger partial charge is 0.151 e. The number of nitrogens with one attached hydrogen (secondary N) is 1. The number of rotatable bonds is 3. The predicted molar refractivity (Wildman–Crippen MR) is 84.5 cm³/mol. The van der Waals surface area contributed by atoms with Crippen LogP contribution < -0.4 is 19.9 Å². The van der Waals surface area contributed by atoms with Gasteiger partial charge in [0.25, 0.3) is 0 Å². The van der Waals surface area contributed by atoms with E-state index in [0.29, 0.717) is 6.61 Å². The lowest BCUT2D eigenvalue weighted by atomic mass is 10.1. The molecular formula is C16H23N3O2. The fraction of sp³-hybridized carbons (Fsp3) is 0.562. The summed E-state index contributed by atoms with van der Waals surface area (Å²) in [6.45, 7) is 8.99. The number of Topliss-reactive ketones (excluding diaryl/α,β-unsaturated/α-hetero) is 1. The first kappa shape index (κ1) is 14.2. The van der Waals surface area contributed by atoms with E-state index in [0.717, 1.165) is 44.2 Å². The Morgan fingerprint density at radius 3 is 2.76 bits per heavy atom. The van der Waals surface area contributed by atoms with Crippen molar-refractivity contribution in [2.24, 2.45) is 0 Å². The molecule has 0 saturated carbocycles. The molecule has 21 heavy (non-hydrogen) atoms. The summed E-state index contributed by atoms with van der Waals surface area (Å²) in [5.74, 6) is 1.09. The number of fused-ring (bicyclic) bond motifs is 1. The van der Waals surface area contributed by atoms with E-state index in [4.69, 9.17) is 4.74 Å². The second-order valence-electron chi connectivity index (χ2n) is 5.69. The van der Waals surface area contributed by atoms with Crippen molar-refractivity contribution in [3.8, 4) is 5.75 Å². The van der Waals surface area contributed by atoms with Crippen molar-refractivity contribution >= 4 is 17.2 Å². The van der Waals surface area contributed by atoms with Crippen LogP contribution in [0.5, 0.6) is 5.75 Å². The van der Waals surface area contributed by atoms with Gasteiger partial charge in [0.1, 0.15) is 18.0 Å². The number of carbonyl (C=O) groups excluding carboxylic acids is 1. The van der Waals surface area contributed by atoms with E-state index in [2.05, 4.69) is 21.2 Å². The molecule has 114 valence electrons. The Bertz CT molecular complexity index is 526. The van der Waals surface area contributed by atoms with Gasteiger partial charge in [-0.05, 0) is 26.0 Å². The van der Waals surface area contributed by atoms with Crippen molar-refractivity contribution in [1.29, 1.82) is 0 Å². The van der Waals surface area contributed by atoms with Crippen LogP contribution in [0.3, 0.4) is 0 Å². The average Bonchev–Trinajstić information content (AvgIpc) is 2.53. The van der Waals surface area contributed by atoms with Crippen LogP contribution in [0.2, 0.25) is 0 Å². The molecule has 0 radical (unpaired) electrons. The molecular weight excluding hydrogens is 266 g/mol. The molecule has 0 spiro atoms. The minimum Gasteiger partial charge on any atom is -0.489 e. The average molecular weight is 289 g/mol. The first-order chi connectivity index (χ1) is 10.2. The van der Waals surface area contributed by atoms with Crippen molar-refractivity contribution in [3.05, 3.63) is 18.2 Å². The number of hydrogen-bond acceptors (Lipinski definition) is 5. The number of hydrogen-bond donors (Lipinski definition) is 1. The van der Waals surface area contributed by atoms with Gasteiger partial charge in [-0.15, -0.1) is 0 Å². The zero-order valence-corrected chi connectivity index (χ0v) is 12.8. The molecule has 1 fully saturated rings. The van der Waals surface area contributed by atoms with Gasteiger partial charge in [0.15, 0.2) is 5.78 Å². The maximum atomic E-state index is 11.8. The zero-order valence-electron chi connectivity index (χ0n) is 12.8. The Balaban J connectivity index is 2.00. The van der Waals surface area contributed by atoms with Crippen LogP contribution in [0, 0.1) is 0 Å². The third-order valence-corrected chi connectivity index (χ3v) is 4.37. The lowest BCUT2D eigenvalue weighted by Gasteiger charge is -2.39. The highest BCUT2D eigenvalue weighted by molar-refractivity contribution is 5.88. The molecule has 2 heterocycles. The van der Waals surface area contributed by atoms with Crippen LogP contribution in [0.25, 0.3) is 0 Å². The number of ketones is 1. The van der Waals surface area contributed by atoms with Crippen LogP contribution in [-0.2, 0) is 4.79 Å². The molecule has 1 saturated heterocycles. The fourth-order valence-corrected chi connectivity index (χ4v) is 3.05. The second kappa shape index (κ2) is 5.93. The first-order valence-electron chi connectivity index (χ1n) is 7.67. The molecule has 1 atom stereocenters. The molecule has 1 N–H and O–H groups in total. The summed E-state index contributed by atoms with van der Waals surface area (Å²) >= 11 is 0. The van der Waals surface area contributed by atoms with E-state index in [1.807, 2.05) is 19.1 Å². The molecule has 3 rings (SSSR count). The predicted octanol–water partition coefficient (Wildman–Crippen LogP) is 1.27. The van der Waals surface area contributed by atoms with Crippen LogP contribution >= 0.6 is 0 Å². The molecule has 2 aliphatic heterocycles. The maximum Gasteiger partial charge on any atom is 0.151 e. The van der Waals surface area contributed by atoms with Gasteiger partial charge >= 0.3 is 0 Å². The van der Waals surface area contributed by atoms with Crippen molar-refractivity contribution in [1.82, 2.24) is 5.32 Å². The Morgan fingerprint density at radius 2 is 2.05 bits per heavy atom. The van der Waals surface area contributed by atoms with Gasteiger partial charge in [0.2, 0.25) is 0 Å². The number of benzene rings is 1. The lowest BCUT2D eigenvalue weighted by Crippen LogP contribution is -2.47. The minimum atomic E-state index is -0.114. The number of anilines is 2. The number of piperazine rings is 1. The molecule has 5 nitrogen and oxygen atoms in total. The maximum absolute atomic E-state index is 11.8. The number of para-hydroxylation sites is 1. The van der Waals surface area contributed by atoms with E-state index >= 15 is 0 Å². The molecule has 0 amide bonds. The van der Waals surface area contributed by atoms with Gasteiger partial charge in [-0.3, -0.25) is 4.79 Å². The molecule has 5 heteroatoms. The quantitative estimate of drug-likeness (QED) is 0.908. The van der Waals surface area contributed by atoms with E-state index in [1.165, 1.54) is 5.69 Å². The molecule has 1 unspecified atom stereocenters. The standard InChI is InChI=1S/C16H23N3O2/c1-12(13(2)20)19-10-11-21-15-5-3-4-14(16(15)19)18-8-6-17-7-9-18/h3-5,12,17H,6-11H2,1-2H3. The van der Waals surface area contributed by atoms with E-state index in [9.17, 15) is 4.79 Å². The summed E-state index contributed by atoms with van der Waals surface area (Å²) in [5.41, 5.74) is 2.26. The Hall–Kier alpha value is -1.75. The highest BCUT2D eigenvalue weighted by Crippen LogP contribution is 2.41. The van der Waals surface area contributed by atoms with Gasteiger partial charge in [-0.2, -0.15) is 0 Å². The van der Waals surface area contributed by atoms with E-state index < -0.39 is 0 Å². The number of ether oxygens (including phenoxy) is 1. The highest BCUT2D eigenvalue weighted by atomic mass is 16.5. The van der Waals surface area contributed by atoms with Gasteiger partial charge in [0, 0.05) is 26.2 Å². The zero-order chi connectivity index (χ0) is 14.8. The fourth-order valence-electron chi connectivity index (χ4n) is 3.05. The largest absolute Gasteiger partial charge is 0.489 e. The van der Waals surface area contributed by atoms with Crippen LogP contribution in [0.15, 0.2) is 18.2 Å². The molecule has 1 aromatic rings. The number of nitrogens with zero attached hydrogens (tertiary/aromatic N) is 2. The van der Waals surface area contributed by atoms with Gasteiger partial charge in [0.05, 0.1) is 18.3 Å². The molecule has 2 aliphatic rings. The first-order valence-corrected chi connectivity index (χ1v) is 7.67. The third-order valence-electron chi connectivity index (χ3n) is 4.37. The van der Waals surface area contributed by atoms with Crippen LogP contribution in [-0.4, -0.2) is 51.2 Å². The van der Waals surface area contributed by atoms with E-state index in [-0.39, 0.29) is 11.8 Å². The van der Waals surface area contributed by atoms with E-state index in [1.54, 1.807) is 6.92 Å². The molecule has 0 bridgehead atoms. The minimum absolute atomic E-state index is 0.114. The molecule has 0 aromatic heterocycles. The lowest BCUT2D eigenvalue weighted by molar-refractivity contribution is -0.118. The van der Waals surface area contributed by atoms with Gasteiger partial charge in [-0.25, -0.2) is 0 Å². The second-order valence-corrected chi connectivity index (χ2v) is 5.69. The van der Waals surface area contributed by atoms with Crippen molar-refractivity contribution in [3.63, 3.8) is 0 Å². The highest BCUT2D eigenvalue weighted by Gasteiger charge is 2.29. The van der Waals surface area contributed by atoms with Crippen LogP contribution in [0.1, 0.15) is 13.8 Å².